The summed E-state index contributed by atoms with van der Waals surface area (Å²) in [6.07, 6.45) is -1.64. The Morgan fingerprint density at radius 3 is 2.00 bits per heavy atom. The van der Waals surface area contributed by atoms with Gasteiger partial charge in [0.25, 0.3) is 0 Å². The molecule has 0 spiro atoms. The molecule has 0 aliphatic heterocycles. The summed E-state index contributed by atoms with van der Waals surface area (Å²) < 4.78 is 0. The minimum Gasteiger partial charge on any atom is -0.395 e. The predicted molar refractivity (Wildman–Crippen MR) is 54.5 cm³/mol. The van der Waals surface area contributed by atoms with Gasteiger partial charge in [-0.15, -0.1) is 0 Å². The molecule has 4 unspecified atom stereocenters. The van der Waals surface area contributed by atoms with E-state index in [-0.39, 0.29) is 12.5 Å². The Bertz CT molecular complexity index is 153. The van der Waals surface area contributed by atoms with E-state index in [2.05, 4.69) is 5.32 Å². The molecule has 0 aromatic rings. The third-order valence-corrected chi connectivity index (χ3v) is 2.30. The maximum Gasteiger partial charge on any atom is 0.120 e. The highest BCUT2D eigenvalue weighted by atomic mass is 16.3. The summed E-state index contributed by atoms with van der Waals surface area (Å²) in [7, 11) is 0. The van der Waals surface area contributed by atoms with E-state index in [4.69, 9.17) is 10.8 Å². The average molecular weight is 206 g/mol. The van der Waals surface area contributed by atoms with Crippen molar-refractivity contribution >= 4 is 0 Å². The van der Waals surface area contributed by atoms with Gasteiger partial charge in [0, 0.05) is 6.04 Å². The summed E-state index contributed by atoms with van der Waals surface area (Å²) in [4.78, 5) is 0. The predicted octanol–water partition coefficient (Wildman–Crippen LogP) is -1.38. The highest BCUT2D eigenvalue weighted by Crippen LogP contribution is 2.03. The molecule has 0 heterocycles. The second-order valence-corrected chi connectivity index (χ2v) is 3.96. The number of hydrogen-bond donors (Lipinski definition) is 5. The second-order valence-electron chi connectivity index (χ2n) is 3.96. The maximum atomic E-state index is 9.58. The van der Waals surface area contributed by atoms with E-state index in [9.17, 15) is 10.2 Å². The van der Waals surface area contributed by atoms with Crippen LogP contribution in [0, 0.1) is 5.92 Å². The van der Waals surface area contributed by atoms with E-state index in [1.807, 2.05) is 13.8 Å². The first-order valence-corrected chi connectivity index (χ1v) is 4.88. The lowest BCUT2D eigenvalue weighted by atomic mass is 10.0. The Labute approximate surface area is 84.9 Å². The topological polar surface area (TPSA) is 98.7 Å². The molecule has 86 valence electrons. The third kappa shape index (κ3) is 4.34. The Morgan fingerprint density at radius 2 is 1.71 bits per heavy atom. The van der Waals surface area contributed by atoms with Gasteiger partial charge in [0.15, 0.2) is 0 Å². The third-order valence-electron chi connectivity index (χ3n) is 2.30. The Kier molecular flexibility index (Phi) is 6.22. The van der Waals surface area contributed by atoms with Crippen LogP contribution in [-0.2, 0) is 0 Å². The van der Waals surface area contributed by atoms with E-state index in [1.165, 1.54) is 0 Å². The molecule has 0 fully saturated rings. The van der Waals surface area contributed by atoms with E-state index >= 15 is 0 Å². The van der Waals surface area contributed by atoms with Gasteiger partial charge in [0.05, 0.1) is 18.8 Å². The van der Waals surface area contributed by atoms with Crippen LogP contribution in [0.4, 0.5) is 0 Å². The number of aliphatic hydroxyl groups excluding tert-OH is 3. The van der Waals surface area contributed by atoms with E-state index in [1.54, 1.807) is 6.92 Å². The molecule has 0 rings (SSSR count). The fraction of sp³-hybridized carbons (Fsp3) is 1.00. The molecule has 4 atom stereocenters. The highest BCUT2D eigenvalue weighted by Gasteiger charge is 2.23. The minimum absolute atomic E-state index is 0.130. The van der Waals surface area contributed by atoms with Crippen LogP contribution in [0.5, 0.6) is 0 Å². The first-order chi connectivity index (χ1) is 6.40. The van der Waals surface area contributed by atoms with Crippen LogP contribution < -0.4 is 11.1 Å². The maximum absolute atomic E-state index is 9.58. The summed E-state index contributed by atoms with van der Waals surface area (Å²) in [6.45, 7) is 5.10. The molecule has 0 aromatic carbocycles. The standard InChI is InChI=1S/C9H22N2O3/c1-5(2)8(10)9(14)11-7(4-12)6(3)13/h5-9,11-14H,4,10H2,1-3H3. The number of rotatable bonds is 6. The van der Waals surface area contributed by atoms with E-state index in [0.29, 0.717) is 0 Å². The van der Waals surface area contributed by atoms with Gasteiger partial charge in [-0.3, -0.25) is 5.32 Å². The van der Waals surface area contributed by atoms with Crippen molar-refractivity contribution in [3.63, 3.8) is 0 Å². The molecule has 0 saturated heterocycles. The van der Waals surface area contributed by atoms with Crippen LogP contribution in [0.25, 0.3) is 0 Å². The monoisotopic (exact) mass is 206 g/mol. The first-order valence-electron chi connectivity index (χ1n) is 4.88. The van der Waals surface area contributed by atoms with Gasteiger partial charge >= 0.3 is 0 Å². The van der Waals surface area contributed by atoms with Crippen molar-refractivity contribution in [2.45, 2.75) is 45.2 Å². The van der Waals surface area contributed by atoms with Crippen molar-refractivity contribution in [2.24, 2.45) is 11.7 Å². The first kappa shape index (κ1) is 13.8. The zero-order valence-electron chi connectivity index (χ0n) is 9.01. The van der Waals surface area contributed by atoms with E-state index in [0.717, 1.165) is 0 Å². The summed E-state index contributed by atoms with van der Waals surface area (Å²) in [6, 6.07) is -0.961. The quantitative estimate of drug-likeness (QED) is 0.345. The molecule has 5 heteroatoms. The second kappa shape index (κ2) is 6.31. The smallest absolute Gasteiger partial charge is 0.120 e. The molecular formula is C9H22N2O3. The van der Waals surface area contributed by atoms with Crippen molar-refractivity contribution in [3.8, 4) is 0 Å². The lowest BCUT2D eigenvalue weighted by molar-refractivity contribution is 0.0291. The van der Waals surface area contributed by atoms with Crippen LogP contribution in [-0.4, -0.2) is 46.3 Å². The van der Waals surface area contributed by atoms with Crippen molar-refractivity contribution in [1.29, 1.82) is 0 Å². The molecule has 0 aliphatic carbocycles. The lowest BCUT2D eigenvalue weighted by Gasteiger charge is -2.28. The molecule has 6 N–H and O–H groups in total. The SMILES string of the molecule is CC(C)C(N)C(O)NC(CO)C(C)O. The molecular weight excluding hydrogens is 184 g/mol. The van der Waals surface area contributed by atoms with E-state index < -0.39 is 24.4 Å². The normalized spacial score (nSPS) is 20.6. The van der Waals surface area contributed by atoms with Crippen LogP contribution in [0.2, 0.25) is 0 Å². The van der Waals surface area contributed by atoms with Gasteiger partial charge in [-0.1, -0.05) is 13.8 Å². The largest absolute Gasteiger partial charge is 0.395 e. The number of nitrogens with one attached hydrogen (secondary N) is 1. The summed E-state index contributed by atoms with van der Waals surface area (Å²) in [5.41, 5.74) is 5.69. The highest BCUT2D eigenvalue weighted by molar-refractivity contribution is 4.79. The van der Waals surface area contributed by atoms with Crippen molar-refractivity contribution in [2.75, 3.05) is 6.61 Å². The molecule has 5 nitrogen and oxygen atoms in total. The van der Waals surface area contributed by atoms with Crippen LogP contribution in [0.3, 0.4) is 0 Å². The minimum atomic E-state index is -0.915. The van der Waals surface area contributed by atoms with Gasteiger partial charge < -0.3 is 21.1 Å². The van der Waals surface area contributed by atoms with Gasteiger partial charge in [-0.05, 0) is 12.8 Å². The molecule has 0 bridgehead atoms. The lowest BCUT2D eigenvalue weighted by Crippen LogP contribution is -2.55. The molecule has 0 aromatic heterocycles. The van der Waals surface area contributed by atoms with Crippen LogP contribution >= 0.6 is 0 Å². The van der Waals surface area contributed by atoms with Crippen molar-refractivity contribution in [3.05, 3.63) is 0 Å². The summed E-state index contributed by atoms with van der Waals surface area (Å²) >= 11 is 0. The van der Waals surface area contributed by atoms with Crippen LogP contribution in [0.15, 0.2) is 0 Å². The molecule has 0 aliphatic rings. The van der Waals surface area contributed by atoms with Gasteiger partial charge in [-0.2, -0.15) is 0 Å². The number of nitrogens with two attached hydrogens (primary N) is 1. The Morgan fingerprint density at radius 1 is 1.21 bits per heavy atom. The Balaban J connectivity index is 4.08. The average Bonchev–Trinajstić information content (AvgIpc) is 2.11. The van der Waals surface area contributed by atoms with Crippen molar-refractivity contribution in [1.82, 2.24) is 5.32 Å². The zero-order chi connectivity index (χ0) is 11.3. The van der Waals surface area contributed by atoms with Crippen molar-refractivity contribution < 1.29 is 15.3 Å². The molecule has 0 radical (unpaired) electrons. The number of hydrogen-bond acceptors (Lipinski definition) is 5. The van der Waals surface area contributed by atoms with Gasteiger partial charge in [0.1, 0.15) is 6.23 Å². The van der Waals surface area contributed by atoms with Gasteiger partial charge in [0.2, 0.25) is 0 Å². The fourth-order valence-electron chi connectivity index (χ4n) is 1.04. The Hall–Kier alpha value is -0.200. The zero-order valence-corrected chi connectivity index (χ0v) is 9.01. The van der Waals surface area contributed by atoms with Crippen LogP contribution in [0.1, 0.15) is 20.8 Å². The fourth-order valence-corrected chi connectivity index (χ4v) is 1.04. The molecule has 0 amide bonds. The summed E-state index contributed by atoms with van der Waals surface area (Å²) in [5.74, 6) is 0.130. The van der Waals surface area contributed by atoms with Gasteiger partial charge in [-0.25, -0.2) is 0 Å². The summed E-state index contributed by atoms with van der Waals surface area (Å²) in [5, 5.41) is 30.4. The molecule has 0 saturated carbocycles. The number of aliphatic hydroxyl groups is 3. The molecule has 14 heavy (non-hydrogen) atoms.